The molecule has 4 aromatic rings. The highest BCUT2D eigenvalue weighted by Gasteiger charge is 2.31. The minimum Gasteiger partial charge on any atom is -0.354 e. The Morgan fingerprint density at radius 1 is 0.892 bits per heavy atom. The molecule has 2 aliphatic heterocycles. The number of carbonyl (C=O) groups is 1. The number of anilines is 2. The average molecular weight is 490 g/mol. The number of amides is 1. The summed E-state index contributed by atoms with van der Waals surface area (Å²) in [7, 11) is 2.12. The first kappa shape index (κ1) is 23.0. The lowest BCUT2D eigenvalue weighted by molar-refractivity contribution is -0.194. The maximum absolute atomic E-state index is 13.2. The van der Waals surface area contributed by atoms with Crippen LogP contribution in [0.25, 0.3) is 11.3 Å². The van der Waals surface area contributed by atoms with Gasteiger partial charge in [0.05, 0.1) is 11.3 Å². The van der Waals surface area contributed by atoms with Gasteiger partial charge < -0.3 is 15.5 Å². The molecule has 0 saturated carbocycles. The fourth-order valence-corrected chi connectivity index (χ4v) is 4.82. The summed E-state index contributed by atoms with van der Waals surface area (Å²) in [6, 6.07) is 32.5. The Labute approximate surface area is 216 Å². The number of fused-ring (bicyclic) bond motifs is 2. The quantitative estimate of drug-likeness (QED) is 0.244. The number of hydrogen-bond acceptors (Lipinski definition) is 5. The molecule has 6 rings (SSSR count). The summed E-state index contributed by atoms with van der Waals surface area (Å²) in [4.78, 5) is 25.9. The van der Waals surface area contributed by atoms with Crippen molar-refractivity contribution in [3.63, 3.8) is 0 Å². The van der Waals surface area contributed by atoms with Crippen LogP contribution >= 0.6 is 0 Å². The molecule has 6 nitrogen and oxygen atoms in total. The topological polar surface area (TPSA) is 62.8 Å². The molecule has 2 heterocycles. The van der Waals surface area contributed by atoms with Gasteiger partial charge >= 0.3 is 0 Å². The van der Waals surface area contributed by atoms with Crippen LogP contribution in [0, 0.1) is 0 Å². The van der Waals surface area contributed by atoms with Crippen LogP contribution in [-0.4, -0.2) is 17.9 Å². The minimum absolute atomic E-state index is 0.148. The van der Waals surface area contributed by atoms with Crippen LogP contribution in [0.2, 0.25) is 0 Å². The molecule has 0 radical (unpaired) electrons. The van der Waals surface area contributed by atoms with Crippen molar-refractivity contribution in [1.29, 1.82) is 0 Å². The van der Waals surface area contributed by atoms with E-state index in [1.807, 2.05) is 48.5 Å². The van der Waals surface area contributed by atoms with Gasteiger partial charge in [0.1, 0.15) is 6.61 Å². The molecule has 2 aliphatic rings. The van der Waals surface area contributed by atoms with E-state index < -0.39 is 0 Å². The first-order chi connectivity index (χ1) is 18.1. The van der Waals surface area contributed by atoms with Crippen molar-refractivity contribution in [2.75, 3.05) is 17.7 Å². The summed E-state index contributed by atoms with van der Waals surface area (Å²) < 4.78 is 0. The molecule has 4 aromatic carbocycles. The highest BCUT2D eigenvalue weighted by atomic mass is 17.2. The van der Waals surface area contributed by atoms with Gasteiger partial charge in [-0.2, -0.15) is 4.89 Å². The monoisotopic (exact) mass is 489 g/mol. The molecule has 37 heavy (non-hydrogen) atoms. The largest absolute Gasteiger partial charge is 0.354 e. The summed E-state index contributed by atoms with van der Waals surface area (Å²) in [6.07, 6.45) is 0. The lowest BCUT2D eigenvalue weighted by atomic mass is 9.98. The highest BCUT2D eigenvalue weighted by Crippen LogP contribution is 2.42. The standard InChI is InChI=1S/C31H27N3O3/c1-34(18-21-8-4-2-5-9-21)19-22-12-14-25(15-13-22)32-30(23-10-6-3-7-11-23)29-26-17-28-24(20-36-37-28)16-27(26)33-31(29)35/h2-17,32H,18-20H2,1H3,(H,33,35)/b30-29-. The van der Waals surface area contributed by atoms with Gasteiger partial charge in [-0.3, -0.25) is 9.69 Å². The molecular formula is C31H27N3O3. The molecule has 2 N–H and O–H groups in total. The maximum atomic E-state index is 13.2. The zero-order chi connectivity index (χ0) is 25.2. The third-order valence-corrected chi connectivity index (χ3v) is 6.59. The van der Waals surface area contributed by atoms with E-state index in [9.17, 15) is 4.79 Å². The van der Waals surface area contributed by atoms with E-state index in [1.54, 1.807) is 0 Å². The third kappa shape index (κ3) is 4.85. The molecule has 0 aromatic heterocycles. The fourth-order valence-electron chi connectivity index (χ4n) is 4.82. The van der Waals surface area contributed by atoms with Crippen LogP contribution in [0.3, 0.4) is 0 Å². The third-order valence-electron chi connectivity index (χ3n) is 6.59. The summed E-state index contributed by atoms with van der Waals surface area (Å²) in [5.74, 6) is 0.495. The van der Waals surface area contributed by atoms with Crippen molar-refractivity contribution in [2.24, 2.45) is 0 Å². The predicted octanol–water partition coefficient (Wildman–Crippen LogP) is 6.08. The first-order valence-electron chi connectivity index (χ1n) is 12.3. The number of benzene rings is 4. The van der Waals surface area contributed by atoms with E-state index >= 15 is 0 Å². The van der Waals surface area contributed by atoms with Crippen LogP contribution in [0.4, 0.5) is 11.4 Å². The first-order valence-corrected chi connectivity index (χ1v) is 12.3. The van der Waals surface area contributed by atoms with Crippen molar-refractivity contribution >= 4 is 28.6 Å². The second kappa shape index (κ2) is 9.93. The Morgan fingerprint density at radius 3 is 2.30 bits per heavy atom. The molecule has 0 unspecified atom stereocenters. The van der Waals surface area contributed by atoms with Crippen molar-refractivity contribution in [3.8, 4) is 5.75 Å². The predicted molar refractivity (Wildman–Crippen MR) is 145 cm³/mol. The lowest BCUT2D eigenvalue weighted by Gasteiger charge is -2.18. The van der Waals surface area contributed by atoms with Gasteiger partial charge in [0.25, 0.3) is 5.91 Å². The smallest absolute Gasteiger partial charge is 0.258 e. The normalized spacial score (nSPS) is 15.1. The van der Waals surface area contributed by atoms with Gasteiger partial charge in [-0.15, -0.1) is 0 Å². The Morgan fingerprint density at radius 2 is 1.57 bits per heavy atom. The molecule has 0 bridgehead atoms. The Balaban J connectivity index is 1.29. The number of hydrogen-bond donors (Lipinski definition) is 2. The van der Waals surface area contributed by atoms with Crippen molar-refractivity contribution < 1.29 is 14.6 Å². The van der Waals surface area contributed by atoms with Crippen LogP contribution in [0.15, 0.2) is 97.1 Å². The van der Waals surface area contributed by atoms with Gasteiger partial charge in [-0.25, -0.2) is 0 Å². The Hall–Kier alpha value is -4.39. The van der Waals surface area contributed by atoms with Crippen molar-refractivity contribution in [2.45, 2.75) is 19.7 Å². The molecule has 0 atom stereocenters. The lowest BCUT2D eigenvalue weighted by Crippen LogP contribution is -2.17. The molecule has 0 aliphatic carbocycles. The van der Waals surface area contributed by atoms with Crippen LogP contribution < -0.4 is 15.5 Å². The minimum atomic E-state index is -0.148. The van der Waals surface area contributed by atoms with Gasteiger partial charge in [0.2, 0.25) is 0 Å². The van der Waals surface area contributed by atoms with E-state index in [-0.39, 0.29) is 5.91 Å². The maximum Gasteiger partial charge on any atom is 0.258 e. The van der Waals surface area contributed by atoms with Gasteiger partial charge in [0, 0.05) is 35.6 Å². The number of carbonyl (C=O) groups excluding carboxylic acids is 1. The van der Waals surface area contributed by atoms with E-state index in [0.717, 1.165) is 46.9 Å². The highest BCUT2D eigenvalue weighted by molar-refractivity contribution is 6.37. The zero-order valence-electron chi connectivity index (χ0n) is 20.5. The van der Waals surface area contributed by atoms with Crippen LogP contribution in [-0.2, 0) is 29.4 Å². The summed E-state index contributed by atoms with van der Waals surface area (Å²) >= 11 is 0. The fraction of sp³-hybridized carbons (Fsp3) is 0.129. The number of nitrogens with one attached hydrogen (secondary N) is 2. The van der Waals surface area contributed by atoms with Gasteiger partial charge in [-0.1, -0.05) is 72.8 Å². The molecule has 0 fully saturated rings. The Kier molecular flexibility index (Phi) is 6.18. The van der Waals surface area contributed by atoms with E-state index in [2.05, 4.69) is 71.1 Å². The molecule has 6 heteroatoms. The van der Waals surface area contributed by atoms with E-state index in [0.29, 0.717) is 17.9 Å². The SMILES string of the molecule is CN(Cc1ccccc1)Cc1ccc(N/C(=C2\C(=O)Nc3cc4c(cc32)OOC4)c2ccccc2)cc1. The molecule has 0 saturated heterocycles. The Bertz CT molecular complexity index is 1470. The van der Waals surface area contributed by atoms with Crippen molar-refractivity contribution in [1.82, 2.24) is 4.90 Å². The van der Waals surface area contributed by atoms with Crippen molar-refractivity contribution in [3.05, 3.63) is 125 Å². The molecule has 0 spiro atoms. The van der Waals surface area contributed by atoms with Crippen LogP contribution in [0.1, 0.15) is 27.8 Å². The zero-order valence-corrected chi connectivity index (χ0v) is 20.5. The van der Waals surface area contributed by atoms with Gasteiger partial charge in [0.15, 0.2) is 5.75 Å². The molecule has 1 amide bonds. The summed E-state index contributed by atoms with van der Waals surface area (Å²) in [5.41, 5.74) is 8.13. The second-order valence-electron chi connectivity index (χ2n) is 9.40. The molecule has 184 valence electrons. The van der Waals surface area contributed by atoms with Gasteiger partial charge in [-0.05, 0) is 48.0 Å². The second-order valence-corrected chi connectivity index (χ2v) is 9.40. The van der Waals surface area contributed by atoms with E-state index in [1.165, 1.54) is 11.1 Å². The van der Waals surface area contributed by atoms with E-state index in [4.69, 9.17) is 9.78 Å². The number of nitrogens with zero attached hydrogens (tertiary/aromatic N) is 1. The summed E-state index contributed by atoms with van der Waals surface area (Å²) in [5, 5.41) is 6.54. The molecular weight excluding hydrogens is 462 g/mol. The number of rotatable bonds is 7. The average Bonchev–Trinajstić information content (AvgIpc) is 3.50. The van der Waals surface area contributed by atoms with Crippen LogP contribution in [0.5, 0.6) is 5.75 Å². The summed E-state index contributed by atoms with van der Waals surface area (Å²) in [6.45, 7) is 2.09.